The van der Waals surface area contributed by atoms with E-state index in [1.54, 1.807) is 6.20 Å². The van der Waals surface area contributed by atoms with Crippen LogP contribution in [0.3, 0.4) is 0 Å². The van der Waals surface area contributed by atoms with Crippen molar-refractivity contribution in [2.24, 2.45) is 5.92 Å². The fourth-order valence-corrected chi connectivity index (χ4v) is 2.78. The van der Waals surface area contributed by atoms with Gasteiger partial charge in [0.05, 0.1) is 12.9 Å². The highest BCUT2D eigenvalue weighted by molar-refractivity contribution is 5.35. The first-order chi connectivity index (χ1) is 10.3. The second-order valence-corrected chi connectivity index (χ2v) is 5.77. The SMILES string of the molecule is CC(NCC1CCCOC1)c1ccc(-n2ccnc2)cc1. The number of hydrogen-bond donors (Lipinski definition) is 1. The van der Waals surface area contributed by atoms with E-state index in [0.717, 1.165) is 25.4 Å². The lowest BCUT2D eigenvalue weighted by Crippen LogP contribution is -2.30. The molecule has 2 atom stereocenters. The summed E-state index contributed by atoms with van der Waals surface area (Å²) in [5, 5.41) is 3.62. The largest absolute Gasteiger partial charge is 0.381 e. The number of nitrogens with one attached hydrogen (secondary N) is 1. The van der Waals surface area contributed by atoms with Gasteiger partial charge in [0.15, 0.2) is 0 Å². The molecule has 1 fully saturated rings. The van der Waals surface area contributed by atoms with Crippen LogP contribution < -0.4 is 5.32 Å². The van der Waals surface area contributed by atoms with E-state index in [2.05, 4.69) is 41.5 Å². The Bertz CT molecular complexity index is 530. The number of benzene rings is 1. The zero-order valence-corrected chi connectivity index (χ0v) is 12.5. The van der Waals surface area contributed by atoms with Crippen molar-refractivity contribution in [1.29, 1.82) is 0 Å². The van der Waals surface area contributed by atoms with Crippen molar-refractivity contribution in [1.82, 2.24) is 14.9 Å². The number of aromatic nitrogens is 2. The Morgan fingerprint density at radius 1 is 1.38 bits per heavy atom. The molecule has 1 saturated heterocycles. The Labute approximate surface area is 126 Å². The van der Waals surface area contributed by atoms with Crippen LogP contribution in [0.4, 0.5) is 0 Å². The molecule has 3 rings (SSSR count). The normalized spacial score (nSPS) is 20.3. The van der Waals surface area contributed by atoms with E-state index in [-0.39, 0.29) is 0 Å². The molecule has 0 bridgehead atoms. The summed E-state index contributed by atoms with van der Waals surface area (Å²) >= 11 is 0. The van der Waals surface area contributed by atoms with Crippen LogP contribution in [0, 0.1) is 5.92 Å². The van der Waals surface area contributed by atoms with Gasteiger partial charge in [0.25, 0.3) is 0 Å². The van der Waals surface area contributed by atoms with E-state index < -0.39 is 0 Å². The van der Waals surface area contributed by atoms with Crippen molar-refractivity contribution in [3.05, 3.63) is 48.5 Å². The predicted molar refractivity (Wildman–Crippen MR) is 83.5 cm³/mol. The third-order valence-corrected chi connectivity index (χ3v) is 4.16. The monoisotopic (exact) mass is 285 g/mol. The van der Waals surface area contributed by atoms with Crippen molar-refractivity contribution in [2.75, 3.05) is 19.8 Å². The fraction of sp³-hybridized carbons (Fsp3) is 0.471. The van der Waals surface area contributed by atoms with E-state index in [1.807, 2.05) is 17.1 Å². The number of ether oxygens (including phenoxy) is 1. The van der Waals surface area contributed by atoms with Crippen molar-refractivity contribution in [3.8, 4) is 5.69 Å². The number of rotatable bonds is 5. The molecule has 2 heterocycles. The molecule has 0 aliphatic carbocycles. The lowest BCUT2D eigenvalue weighted by molar-refractivity contribution is 0.0540. The zero-order valence-electron chi connectivity index (χ0n) is 12.5. The van der Waals surface area contributed by atoms with Crippen LogP contribution in [0.5, 0.6) is 0 Å². The maximum atomic E-state index is 5.53. The maximum absolute atomic E-state index is 5.53. The van der Waals surface area contributed by atoms with Gasteiger partial charge in [-0.05, 0) is 43.4 Å². The summed E-state index contributed by atoms with van der Waals surface area (Å²) in [5.74, 6) is 0.659. The summed E-state index contributed by atoms with van der Waals surface area (Å²) in [7, 11) is 0. The topological polar surface area (TPSA) is 39.1 Å². The van der Waals surface area contributed by atoms with Gasteiger partial charge < -0.3 is 14.6 Å². The molecule has 1 aromatic heterocycles. The van der Waals surface area contributed by atoms with Crippen molar-refractivity contribution in [3.63, 3.8) is 0 Å². The highest BCUT2D eigenvalue weighted by atomic mass is 16.5. The molecule has 1 aliphatic heterocycles. The molecule has 4 heteroatoms. The number of hydrogen-bond acceptors (Lipinski definition) is 3. The molecule has 0 saturated carbocycles. The van der Waals surface area contributed by atoms with Gasteiger partial charge in [0.1, 0.15) is 0 Å². The van der Waals surface area contributed by atoms with Crippen LogP contribution in [0.1, 0.15) is 31.4 Å². The van der Waals surface area contributed by atoms with E-state index in [9.17, 15) is 0 Å². The Morgan fingerprint density at radius 3 is 2.90 bits per heavy atom. The molecule has 1 aliphatic rings. The third kappa shape index (κ3) is 3.71. The quantitative estimate of drug-likeness (QED) is 0.918. The van der Waals surface area contributed by atoms with Crippen LogP contribution in [0.25, 0.3) is 5.69 Å². The molecule has 0 amide bonds. The minimum Gasteiger partial charge on any atom is -0.381 e. The summed E-state index contributed by atoms with van der Waals surface area (Å²) < 4.78 is 7.54. The van der Waals surface area contributed by atoms with Gasteiger partial charge in [0, 0.05) is 37.3 Å². The first-order valence-electron chi connectivity index (χ1n) is 7.72. The first kappa shape index (κ1) is 14.3. The smallest absolute Gasteiger partial charge is 0.0991 e. The molecule has 1 aromatic carbocycles. The molecule has 0 radical (unpaired) electrons. The van der Waals surface area contributed by atoms with Crippen LogP contribution in [0.2, 0.25) is 0 Å². The maximum Gasteiger partial charge on any atom is 0.0991 e. The highest BCUT2D eigenvalue weighted by Crippen LogP contribution is 2.18. The fourth-order valence-electron chi connectivity index (χ4n) is 2.78. The van der Waals surface area contributed by atoms with Crippen molar-refractivity contribution >= 4 is 0 Å². The minimum atomic E-state index is 0.365. The Hall–Kier alpha value is -1.65. The van der Waals surface area contributed by atoms with Crippen LogP contribution in [-0.2, 0) is 4.74 Å². The standard InChI is InChI=1S/C17H23N3O/c1-14(19-11-15-3-2-10-21-12-15)16-4-6-17(7-5-16)20-9-8-18-13-20/h4-9,13-15,19H,2-3,10-12H2,1H3. The summed E-state index contributed by atoms with van der Waals surface area (Å²) in [6.07, 6.45) is 8.05. The van der Waals surface area contributed by atoms with Crippen molar-refractivity contribution in [2.45, 2.75) is 25.8 Å². The minimum absolute atomic E-state index is 0.365. The van der Waals surface area contributed by atoms with E-state index in [1.165, 1.54) is 18.4 Å². The molecule has 21 heavy (non-hydrogen) atoms. The van der Waals surface area contributed by atoms with Gasteiger partial charge in [0.2, 0.25) is 0 Å². The third-order valence-electron chi connectivity index (χ3n) is 4.16. The van der Waals surface area contributed by atoms with Gasteiger partial charge in [-0.3, -0.25) is 0 Å². The summed E-state index contributed by atoms with van der Waals surface area (Å²) in [4.78, 5) is 4.08. The Morgan fingerprint density at radius 2 is 2.24 bits per heavy atom. The van der Waals surface area contributed by atoms with Crippen LogP contribution >= 0.6 is 0 Å². The van der Waals surface area contributed by atoms with E-state index >= 15 is 0 Å². The van der Waals surface area contributed by atoms with Gasteiger partial charge in [-0.25, -0.2) is 4.98 Å². The van der Waals surface area contributed by atoms with E-state index in [4.69, 9.17) is 4.74 Å². The molecular weight excluding hydrogens is 262 g/mol. The molecular formula is C17H23N3O. The average molecular weight is 285 g/mol. The lowest BCUT2D eigenvalue weighted by Gasteiger charge is -2.24. The molecule has 2 aromatic rings. The van der Waals surface area contributed by atoms with Gasteiger partial charge >= 0.3 is 0 Å². The van der Waals surface area contributed by atoms with Gasteiger partial charge in [-0.1, -0.05) is 12.1 Å². The van der Waals surface area contributed by atoms with Crippen molar-refractivity contribution < 1.29 is 4.74 Å². The average Bonchev–Trinajstić information content (AvgIpc) is 3.08. The molecule has 1 N–H and O–H groups in total. The van der Waals surface area contributed by atoms with Crippen LogP contribution in [0.15, 0.2) is 43.0 Å². The Kier molecular flexibility index (Phi) is 4.68. The van der Waals surface area contributed by atoms with Crippen LogP contribution in [-0.4, -0.2) is 29.3 Å². The summed E-state index contributed by atoms with van der Waals surface area (Å²) in [5.41, 5.74) is 2.46. The second-order valence-electron chi connectivity index (χ2n) is 5.77. The summed E-state index contributed by atoms with van der Waals surface area (Å²) in [6.45, 7) is 5.08. The lowest BCUT2D eigenvalue weighted by atomic mass is 10.0. The second kappa shape index (κ2) is 6.87. The molecule has 112 valence electrons. The molecule has 0 spiro atoms. The van der Waals surface area contributed by atoms with E-state index in [0.29, 0.717) is 12.0 Å². The van der Waals surface area contributed by atoms with Gasteiger partial charge in [-0.15, -0.1) is 0 Å². The van der Waals surface area contributed by atoms with Gasteiger partial charge in [-0.2, -0.15) is 0 Å². The number of imidazole rings is 1. The predicted octanol–water partition coefficient (Wildman–Crippen LogP) is 2.95. The summed E-state index contributed by atoms with van der Waals surface area (Å²) in [6, 6.07) is 9.01. The Balaban J connectivity index is 1.55. The highest BCUT2D eigenvalue weighted by Gasteiger charge is 2.15. The zero-order chi connectivity index (χ0) is 14.5. The molecule has 4 nitrogen and oxygen atoms in total. The first-order valence-corrected chi connectivity index (χ1v) is 7.72. The number of nitrogens with zero attached hydrogens (tertiary/aromatic N) is 2. The molecule has 2 unspecified atom stereocenters.